The van der Waals surface area contributed by atoms with E-state index in [1.165, 1.54) is 0 Å². The van der Waals surface area contributed by atoms with Gasteiger partial charge in [0.05, 0.1) is 18.9 Å². The number of imidazole rings is 1. The van der Waals surface area contributed by atoms with Gasteiger partial charge in [-0.15, -0.1) is 0 Å². The fourth-order valence-corrected chi connectivity index (χ4v) is 3.13. The zero-order valence-electron chi connectivity index (χ0n) is 15.9. The molecule has 29 heavy (non-hydrogen) atoms. The molecule has 0 radical (unpaired) electrons. The van der Waals surface area contributed by atoms with Crippen molar-refractivity contribution in [3.63, 3.8) is 0 Å². The Labute approximate surface area is 174 Å². The van der Waals surface area contributed by atoms with E-state index >= 15 is 0 Å². The van der Waals surface area contributed by atoms with Crippen LogP contribution in [0, 0.1) is 0 Å². The fourth-order valence-electron chi connectivity index (χ4n) is 3.00. The third kappa shape index (κ3) is 4.81. The molecule has 0 unspecified atom stereocenters. The number of pyridine rings is 1. The van der Waals surface area contributed by atoms with E-state index < -0.39 is 0 Å². The summed E-state index contributed by atoms with van der Waals surface area (Å²) in [5.74, 6) is 1.60. The highest BCUT2D eigenvalue weighted by Gasteiger charge is 2.09. The summed E-state index contributed by atoms with van der Waals surface area (Å²) in [6, 6.07) is 19.0. The van der Waals surface area contributed by atoms with Crippen molar-refractivity contribution < 1.29 is 9.47 Å². The van der Waals surface area contributed by atoms with Crippen LogP contribution in [0.2, 0.25) is 5.02 Å². The van der Waals surface area contributed by atoms with Gasteiger partial charge in [0.1, 0.15) is 5.75 Å². The highest BCUT2D eigenvalue weighted by atomic mass is 35.5. The highest BCUT2D eigenvalue weighted by Crippen LogP contribution is 2.25. The van der Waals surface area contributed by atoms with Crippen molar-refractivity contribution >= 4 is 22.9 Å². The number of benzene rings is 2. The molecular formula is C23H22ClN3O2. The van der Waals surface area contributed by atoms with Gasteiger partial charge in [-0.1, -0.05) is 23.7 Å². The molecule has 0 saturated carbocycles. The molecule has 0 aliphatic carbocycles. The van der Waals surface area contributed by atoms with Crippen molar-refractivity contribution in [3.8, 4) is 22.8 Å². The van der Waals surface area contributed by atoms with Crippen LogP contribution in [0.5, 0.6) is 11.5 Å². The van der Waals surface area contributed by atoms with E-state index in [-0.39, 0.29) is 0 Å². The molecule has 0 bridgehead atoms. The zero-order chi connectivity index (χ0) is 20.1. The Kier molecular flexibility index (Phi) is 5.86. The molecule has 2 aromatic heterocycles. The van der Waals surface area contributed by atoms with Crippen LogP contribution in [0.4, 0.5) is 5.69 Å². The number of nitrogen functional groups attached to an aromatic ring is 1. The molecule has 0 fully saturated rings. The lowest BCUT2D eigenvalue weighted by Crippen LogP contribution is -2.03. The molecule has 0 aliphatic heterocycles. The minimum atomic E-state index is 0.605. The average Bonchev–Trinajstić information content (AvgIpc) is 3.17. The number of fused-ring (bicyclic) bond motifs is 1. The monoisotopic (exact) mass is 407 g/mol. The largest absolute Gasteiger partial charge is 0.494 e. The Morgan fingerprint density at radius 2 is 1.62 bits per heavy atom. The van der Waals surface area contributed by atoms with Crippen molar-refractivity contribution in [1.29, 1.82) is 0 Å². The maximum absolute atomic E-state index is 5.98. The quantitative estimate of drug-likeness (QED) is 0.310. The smallest absolute Gasteiger partial charge is 0.180 e. The summed E-state index contributed by atoms with van der Waals surface area (Å²) >= 11 is 5.87. The first-order valence-corrected chi connectivity index (χ1v) is 9.92. The second kappa shape index (κ2) is 8.88. The van der Waals surface area contributed by atoms with Crippen molar-refractivity contribution in [3.05, 3.63) is 78.1 Å². The second-order valence-corrected chi connectivity index (χ2v) is 7.15. The summed E-state index contributed by atoms with van der Waals surface area (Å²) in [6.45, 7) is 1.24. The summed E-state index contributed by atoms with van der Waals surface area (Å²) in [5.41, 5.74) is 9.22. The number of hydrogen-bond donors (Lipinski definition) is 1. The van der Waals surface area contributed by atoms with Gasteiger partial charge in [-0.2, -0.15) is 0 Å². The third-order valence-corrected chi connectivity index (χ3v) is 4.78. The molecule has 6 heteroatoms. The zero-order valence-corrected chi connectivity index (χ0v) is 16.7. The molecule has 0 aliphatic rings. The molecule has 2 aromatic carbocycles. The Hall–Kier alpha value is -3.18. The minimum absolute atomic E-state index is 0.605. The topological polar surface area (TPSA) is 61.8 Å². The Morgan fingerprint density at radius 1 is 0.897 bits per heavy atom. The molecule has 0 spiro atoms. The van der Waals surface area contributed by atoms with E-state index in [1.54, 1.807) is 0 Å². The molecular weight excluding hydrogens is 386 g/mol. The van der Waals surface area contributed by atoms with Crippen LogP contribution in [0.15, 0.2) is 73.1 Å². The van der Waals surface area contributed by atoms with Crippen LogP contribution in [-0.2, 0) is 0 Å². The number of rotatable bonds is 8. The van der Waals surface area contributed by atoms with Crippen LogP contribution in [0.25, 0.3) is 16.9 Å². The lowest BCUT2D eigenvalue weighted by atomic mass is 10.1. The second-order valence-electron chi connectivity index (χ2n) is 6.71. The van der Waals surface area contributed by atoms with Crippen molar-refractivity contribution in [2.75, 3.05) is 18.9 Å². The van der Waals surface area contributed by atoms with E-state index in [4.69, 9.17) is 31.8 Å². The summed E-state index contributed by atoms with van der Waals surface area (Å²) in [5, 5.41) is 0.707. The van der Waals surface area contributed by atoms with Crippen molar-refractivity contribution in [2.45, 2.75) is 12.8 Å². The first kappa shape index (κ1) is 19.2. The number of aromatic nitrogens is 2. The molecule has 0 saturated heterocycles. The lowest BCUT2D eigenvalue weighted by Gasteiger charge is -2.08. The van der Waals surface area contributed by atoms with Gasteiger partial charge in [-0.3, -0.25) is 0 Å². The number of anilines is 1. The van der Waals surface area contributed by atoms with Crippen LogP contribution < -0.4 is 15.2 Å². The van der Waals surface area contributed by atoms with Gasteiger partial charge in [0, 0.05) is 28.7 Å². The fraction of sp³-hybridized carbons (Fsp3) is 0.174. The van der Waals surface area contributed by atoms with Gasteiger partial charge in [-0.25, -0.2) is 4.98 Å². The number of hydrogen-bond acceptors (Lipinski definition) is 4. The highest BCUT2D eigenvalue weighted by molar-refractivity contribution is 6.30. The van der Waals surface area contributed by atoms with E-state index in [0.717, 1.165) is 46.9 Å². The normalized spacial score (nSPS) is 10.9. The summed E-state index contributed by atoms with van der Waals surface area (Å²) < 4.78 is 13.7. The molecule has 0 atom stereocenters. The van der Waals surface area contributed by atoms with Gasteiger partial charge in [0.2, 0.25) is 0 Å². The molecule has 2 heterocycles. The van der Waals surface area contributed by atoms with Crippen molar-refractivity contribution in [1.82, 2.24) is 9.38 Å². The van der Waals surface area contributed by atoms with E-state index in [2.05, 4.69) is 0 Å². The molecule has 2 N–H and O–H groups in total. The first-order chi connectivity index (χ1) is 14.2. The standard InChI is InChI=1S/C23H22ClN3O2/c24-18-7-11-20(12-8-18)28-14-1-2-15-29-22-4-3-13-27-16-21(26-23(22)27)17-5-9-19(25)10-6-17/h3-13,16H,1-2,14-15,25H2. The Bertz CT molecular complexity index is 1080. The van der Waals surface area contributed by atoms with Crippen LogP contribution >= 0.6 is 11.6 Å². The Balaban J connectivity index is 1.32. The number of nitrogens with two attached hydrogens (primary N) is 1. The molecule has 4 rings (SSSR count). The van der Waals surface area contributed by atoms with Crippen LogP contribution in [0.3, 0.4) is 0 Å². The number of ether oxygens (including phenoxy) is 2. The average molecular weight is 408 g/mol. The molecule has 4 aromatic rings. The number of nitrogens with zero attached hydrogens (tertiary/aromatic N) is 2. The van der Waals surface area contributed by atoms with Crippen LogP contribution in [0.1, 0.15) is 12.8 Å². The molecule has 0 amide bonds. The van der Waals surface area contributed by atoms with E-state index in [9.17, 15) is 0 Å². The lowest BCUT2D eigenvalue weighted by molar-refractivity contribution is 0.267. The predicted octanol–water partition coefficient (Wildman–Crippen LogP) is 5.47. The van der Waals surface area contributed by atoms with Gasteiger partial charge >= 0.3 is 0 Å². The van der Waals surface area contributed by atoms with Gasteiger partial charge < -0.3 is 19.6 Å². The van der Waals surface area contributed by atoms with Crippen molar-refractivity contribution in [2.24, 2.45) is 0 Å². The summed E-state index contributed by atoms with van der Waals surface area (Å²) in [6.07, 6.45) is 5.75. The SMILES string of the molecule is Nc1ccc(-c2cn3cccc(OCCCCOc4ccc(Cl)cc4)c3n2)cc1. The first-order valence-electron chi connectivity index (χ1n) is 9.54. The van der Waals surface area contributed by atoms with Gasteiger partial charge in [-0.05, 0) is 61.4 Å². The predicted molar refractivity (Wildman–Crippen MR) is 117 cm³/mol. The number of halogens is 1. The van der Waals surface area contributed by atoms with Gasteiger partial charge in [0.15, 0.2) is 11.4 Å². The summed E-state index contributed by atoms with van der Waals surface area (Å²) in [7, 11) is 0. The minimum Gasteiger partial charge on any atom is -0.494 e. The third-order valence-electron chi connectivity index (χ3n) is 4.53. The van der Waals surface area contributed by atoms with E-state index in [1.807, 2.05) is 77.5 Å². The van der Waals surface area contributed by atoms with Gasteiger partial charge in [0.25, 0.3) is 0 Å². The van der Waals surface area contributed by atoms with E-state index in [0.29, 0.717) is 18.2 Å². The molecule has 5 nitrogen and oxygen atoms in total. The summed E-state index contributed by atoms with van der Waals surface area (Å²) in [4.78, 5) is 4.74. The Morgan fingerprint density at radius 3 is 2.38 bits per heavy atom. The van der Waals surface area contributed by atoms with Crippen LogP contribution in [-0.4, -0.2) is 22.6 Å². The number of unbranched alkanes of at least 4 members (excludes halogenated alkanes) is 1. The maximum Gasteiger partial charge on any atom is 0.180 e. The maximum atomic E-state index is 5.98. The molecule has 148 valence electrons.